The van der Waals surface area contributed by atoms with E-state index in [-0.39, 0.29) is 24.1 Å². The van der Waals surface area contributed by atoms with E-state index >= 15 is 8.78 Å². The normalized spacial score (nSPS) is 15.2. The number of nitrogens with zero attached hydrogens (tertiary/aromatic N) is 5. The molecule has 1 atom stereocenters. The molecule has 1 aromatic carbocycles. The molecule has 1 unspecified atom stereocenters. The number of halogens is 2. The fraction of sp³-hybridized carbons (Fsp3) is 0.407. The summed E-state index contributed by atoms with van der Waals surface area (Å²) in [4.78, 5) is 18.0. The van der Waals surface area contributed by atoms with Crippen LogP contribution in [0.3, 0.4) is 0 Å². The van der Waals surface area contributed by atoms with Crippen LogP contribution in [0.5, 0.6) is 0 Å². The van der Waals surface area contributed by atoms with Gasteiger partial charge in [-0.1, -0.05) is 13.0 Å². The summed E-state index contributed by atoms with van der Waals surface area (Å²) in [5.74, 6) is 1.02. The summed E-state index contributed by atoms with van der Waals surface area (Å²) in [5, 5.41) is 6.43. The highest BCUT2D eigenvalue weighted by Crippen LogP contribution is 2.39. The van der Waals surface area contributed by atoms with E-state index < -0.39 is 11.5 Å². The molecule has 0 aliphatic carbocycles. The van der Waals surface area contributed by atoms with E-state index in [0.717, 1.165) is 48.3 Å². The monoisotopic (exact) mass is 491 g/mol. The fourth-order valence-corrected chi connectivity index (χ4v) is 4.84. The Morgan fingerprint density at radius 1 is 1.19 bits per heavy atom. The van der Waals surface area contributed by atoms with E-state index in [2.05, 4.69) is 30.6 Å². The summed E-state index contributed by atoms with van der Waals surface area (Å²) >= 11 is 0. The van der Waals surface area contributed by atoms with Crippen LogP contribution in [0.2, 0.25) is 0 Å². The highest BCUT2D eigenvalue weighted by atomic mass is 19.1. The zero-order valence-electron chi connectivity index (χ0n) is 21.3. The third-order valence-electron chi connectivity index (χ3n) is 6.89. The molecule has 4 heterocycles. The predicted molar refractivity (Wildman–Crippen MR) is 138 cm³/mol. The quantitative estimate of drug-likeness (QED) is 0.350. The summed E-state index contributed by atoms with van der Waals surface area (Å²) in [7, 11) is 0. The fourth-order valence-electron chi connectivity index (χ4n) is 4.84. The number of pyridine rings is 1. The van der Waals surface area contributed by atoms with Crippen LogP contribution in [-0.4, -0.2) is 31.0 Å². The largest absolute Gasteiger partial charge is 0.326 e. The van der Waals surface area contributed by atoms with Gasteiger partial charge < -0.3 is 15.2 Å². The van der Waals surface area contributed by atoms with Crippen molar-refractivity contribution in [1.29, 1.82) is 0 Å². The first-order valence-electron chi connectivity index (χ1n) is 12.4. The van der Waals surface area contributed by atoms with Gasteiger partial charge in [-0.15, -0.1) is 0 Å². The first kappa shape index (κ1) is 24.2. The Morgan fingerprint density at radius 3 is 2.75 bits per heavy atom. The molecule has 0 spiro atoms. The molecule has 188 valence electrons. The Kier molecular flexibility index (Phi) is 6.20. The molecule has 36 heavy (non-hydrogen) atoms. The number of alkyl halides is 1. The molecular formula is C27H31F2N7. The van der Waals surface area contributed by atoms with Crippen LogP contribution < -0.4 is 10.6 Å². The third-order valence-corrected chi connectivity index (χ3v) is 6.89. The molecule has 0 bridgehead atoms. The van der Waals surface area contributed by atoms with Crippen LogP contribution in [0.15, 0.2) is 30.5 Å². The molecule has 1 aliphatic heterocycles. The molecule has 2 N–H and O–H groups in total. The summed E-state index contributed by atoms with van der Waals surface area (Å²) < 4.78 is 32.9. The van der Waals surface area contributed by atoms with E-state index in [0.29, 0.717) is 22.5 Å². The lowest BCUT2D eigenvalue weighted by molar-refractivity contribution is 0.187. The van der Waals surface area contributed by atoms with Crippen molar-refractivity contribution in [2.45, 2.75) is 65.7 Å². The van der Waals surface area contributed by atoms with E-state index in [9.17, 15) is 0 Å². The van der Waals surface area contributed by atoms with Gasteiger partial charge in [0.15, 0.2) is 5.82 Å². The van der Waals surface area contributed by atoms with Crippen molar-refractivity contribution in [1.82, 2.24) is 29.8 Å². The van der Waals surface area contributed by atoms with E-state index in [1.807, 2.05) is 43.5 Å². The summed E-state index contributed by atoms with van der Waals surface area (Å²) in [6.07, 6.45) is 2.24. The smallest absolute Gasteiger partial charge is 0.229 e. The average Bonchev–Trinajstić information content (AvgIpc) is 3.20. The van der Waals surface area contributed by atoms with Gasteiger partial charge in [0.05, 0.1) is 17.2 Å². The van der Waals surface area contributed by atoms with Crippen molar-refractivity contribution in [3.05, 3.63) is 58.9 Å². The Labute approximate surface area is 209 Å². The topological polar surface area (TPSA) is 80.6 Å². The Morgan fingerprint density at radius 2 is 2.00 bits per heavy atom. The van der Waals surface area contributed by atoms with Gasteiger partial charge in [0.2, 0.25) is 5.95 Å². The van der Waals surface area contributed by atoms with Gasteiger partial charge in [0, 0.05) is 42.4 Å². The van der Waals surface area contributed by atoms with Crippen molar-refractivity contribution < 1.29 is 8.78 Å². The minimum atomic E-state index is -1.64. The van der Waals surface area contributed by atoms with E-state index in [4.69, 9.17) is 0 Å². The van der Waals surface area contributed by atoms with Crippen molar-refractivity contribution in [2.24, 2.45) is 0 Å². The van der Waals surface area contributed by atoms with Crippen LogP contribution in [0.1, 0.15) is 62.8 Å². The molecule has 0 radical (unpaired) electrons. The number of rotatable bonds is 6. The van der Waals surface area contributed by atoms with Crippen LogP contribution in [-0.2, 0) is 18.6 Å². The minimum Gasteiger partial charge on any atom is -0.326 e. The maximum Gasteiger partial charge on any atom is 0.229 e. The SMILES string of the molecule is CCC(C)(F)c1cc(-c2nc(Nc3ccc4c(n3)CCNC4)ncc2F)cc2c1nc(C)n2C(C)C. The molecule has 4 aromatic rings. The van der Waals surface area contributed by atoms with Gasteiger partial charge in [-0.2, -0.15) is 0 Å². The second-order valence-electron chi connectivity index (χ2n) is 9.81. The number of fused-ring (bicyclic) bond motifs is 2. The molecule has 5 rings (SSSR count). The Balaban J connectivity index is 1.61. The van der Waals surface area contributed by atoms with Gasteiger partial charge in [-0.25, -0.2) is 28.7 Å². The highest BCUT2D eigenvalue weighted by molar-refractivity contribution is 5.86. The van der Waals surface area contributed by atoms with Gasteiger partial charge in [-0.05, 0) is 57.9 Å². The molecule has 9 heteroatoms. The minimum absolute atomic E-state index is 0.0962. The molecule has 3 aromatic heterocycles. The number of hydrogen-bond donors (Lipinski definition) is 2. The second-order valence-corrected chi connectivity index (χ2v) is 9.81. The second kappa shape index (κ2) is 9.20. The lowest BCUT2D eigenvalue weighted by Gasteiger charge is -2.21. The van der Waals surface area contributed by atoms with Gasteiger partial charge in [0.25, 0.3) is 0 Å². The zero-order valence-corrected chi connectivity index (χ0v) is 21.3. The predicted octanol–water partition coefficient (Wildman–Crippen LogP) is 5.90. The summed E-state index contributed by atoms with van der Waals surface area (Å²) in [5.41, 5.74) is 2.90. The lowest BCUT2D eigenvalue weighted by atomic mass is 9.91. The molecule has 7 nitrogen and oxygen atoms in total. The molecule has 0 saturated heterocycles. The van der Waals surface area contributed by atoms with Crippen molar-refractivity contribution in [3.63, 3.8) is 0 Å². The maximum atomic E-state index is 15.7. The number of hydrogen-bond acceptors (Lipinski definition) is 6. The number of nitrogens with one attached hydrogen (secondary N) is 2. The van der Waals surface area contributed by atoms with Gasteiger partial charge in [0.1, 0.15) is 23.0 Å². The molecular weight excluding hydrogens is 460 g/mol. The van der Waals surface area contributed by atoms with E-state index in [1.54, 1.807) is 13.0 Å². The summed E-state index contributed by atoms with van der Waals surface area (Å²) in [6, 6.07) is 7.49. The van der Waals surface area contributed by atoms with Crippen molar-refractivity contribution >= 4 is 22.8 Å². The van der Waals surface area contributed by atoms with Crippen LogP contribution >= 0.6 is 0 Å². The molecule has 0 saturated carbocycles. The Bertz CT molecular complexity index is 1440. The molecule has 0 fully saturated rings. The number of aryl methyl sites for hydroxylation is 1. The number of anilines is 2. The van der Waals surface area contributed by atoms with Crippen molar-refractivity contribution in [3.8, 4) is 11.3 Å². The number of imidazole rings is 1. The number of benzene rings is 1. The first-order chi connectivity index (χ1) is 17.2. The summed E-state index contributed by atoms with van der Waals surface area (Å²) in [6.45, 7) is 11.0. The van der Waals surface area contributed by atoms with E-state index in [1.165, 1.54) is 6.92 Å². The molecule has 0 amide bonds. The number of aromatic nitrogens is 5. The zero-order chi connectivity index (χ0) is 25.6. The van der Waals surface area contributed by atoms with Crippen LogP contribution in [0.4, 0.5) is 20.5 Å². The maximum absolute atomic E-state index is 15.7. The highest BCUT2D eigenvalue weighted by Gasteiger charge is 2.30. The lowest BCUT2D eigenvalue weighted by Crippen LogP contribution is -2.24. The van der Waals surface area contributed by atoms with Crippen molar-refractivity contribution in [2.75, 3.05) is 11.9 Å². The molecule has 1 aliphatic rings. The third kappa shape index (κ3) is 4.32. The Hall–Kier alpha value is -3.46. The van der Waals surface area contributed by atoms with Crippen LogP contribution in [0, 0.1) is 12.7 Å². The standard InChI is InChI=1S/C27H31F2N7/c1-6-27(5,29)19-11-18(12-22-25(19)32-16(4)36(22)15(2)3)24-20(28)14-31-26(35-24)34-23-8-7-17-13-30-10-9-21(17)33-23/h7-8,11-12,14-15,30H,6,9-10,13H2,1-5H3,(H,31,33,34,35). The van der Waals surface area contributed by atoms with Crippen LogP contribution in [0.25, 0.3) is 22.3 Å². The van der Waals surface area contributed by atoms with Gasteiger partial charge in [-0.3, -0.25) is 0 Å². The first-order valence-corrected chi connectivity index (χ1v) is 12.4. The average molecular weight is 492 g/mol. The van der Waals surface area contributed by atoms with Gasteiger partial charge >= 0.3 is 0 Å².